The highest BCUT2D eigenvalue weighted by Crippen LogP contribution is 2.27. The molecular weight excluding hydrogens is 342 g/mol. The van der Waals surface area contributed by atoms with Crippen molar-refractivity contribution in [1.29, 1.82) is 0 Å². The van der Waals surface area contributed by atoms with Gasteiger partial charge in [0.25, 0.3) is 0 Å². The van der Waals surface area contributed by atoms with Crippen molar-refractivity contribution in [3.8, 4) is 0 Å². The summed E-state index contributed by atoms with van der Waals surface area (Å²) in [5.41, 5.74) is 2.00. The molecule has 0 N–H and O–H groups in total. The largest absolute Gasteiger partial charge is 0.293 e. The Bertz CT molecular complexity index is 831. The van der Waals surface area contributed by atoms with E-state index >= 15 is 0 Å². The smallest absolute Gasteiger partial charge is 0.242 e. The van der Waals surface area contributed by atoms with Crippen LogP contribution in [0.5, 0.6) is 0 Å². The number of nitrogens with zero attached hydrogens (tertiary/aromatic N) is 3. The van der Waals surface area contributed by atoms with Crippen molar-refractivity contribution in [1.82, 2.24) is 9.88 Å². The fraction of sp³-hybridized carbons (Fsp3) is 0.222. The first-order valence-electron chi connectivity index (χ1n) is 7.58. The van der Waals surface area contributed by atoms with Crippen LogP contribution in [0.1, 0.15) is 5.56 Å². The molecule has 0 spiro atoms. The highest BCUT2D eigenvalue weighted by Gasteiger charge is 2.17. The predicted octanol–water partition coefficient (Wildman–Crippen LogP) is 4.04. The number of carbonyl (C=O) groups is 1. The van der Waals surface area contributed by atoms with E-state index in [-0.39, 0.29) is 5.91 Å². The molecule has 0 bridgehead atoms. The minimum Gasteiger partial charge on any atom is -0.293 e. The van der Waals surface area contributed by atoms with Crippen LogP contribution in [0.25, 0.3) is 10.2 Å². The topological polar surface area (TPSA) is 36.4 Å². The van der Waals surface area contributed by atoms with E-state index in [1.165, 1.54) is 11.3 Å². The van der Waals surface area contributed by atoms with Gasteiger partial charge < -0.3 is 0 Å². The van der Waals surface area contributed by atoms with Gasteiger partial charge in [-0.25, -0.2) is 4.98 Å². The molecule has 0 saturated carbocycles. The van der Waals surface area contributed by atoms with Gasteiger partial charge in [-0.05, 0) is 36.9 Å². The lowest BCUT2D eigenvalue weighted by Gasteiger charge is -2.20. The summed E-state index contributed by atoms with van der Waals surface area (Å²) >= 11 is 7.53. The van der Waals surface area contributed by atoms with Crippen molar-refractivity contribution in [2.45, 2.75) is 6.54 Å². The second-order valence-electron chi connectivity index (χ2n) is 5.72. The van der Waals surface area contributed by atoms with Crippen molar-refractivity contribution in [2.24, 2.45) is 0 Å². The number of fused-ring (bicyclic) bond motifs is 1. The Morgan fingerprint density at radius 2 is 1.96 bits per heavy atom. The molecule has 124 valence electrons. The first kappa shape index (κ1) is 16.9. The van der Waals surface area contributed by atoms with Gasteiger partial charge in [0.2, 0.25) is 5.91 Å². The van der Waals surface area contributed by atoms with E-state index in [1.807, 2.05) is 60.5 Å². The SMILES string of the molecule is CN(CC(=O)N(C)c1nc2ccccc2s1)Cc1cccc(Cl)c1. The molecular formula is C18H18ClN3OS. The summed E-state index contributed by atoms with van der Waals surface area (Å²) in [7, 11) is 3.69. The molecule has 24 heavy (non-hydrogen) atoms. The predicted molar refractivity (Wildman–Crippen MR) is 101 cm³/mol. The molecule has 0 radical (unpaired) electrons. The van der Waals surface area contributed by atoms with Crippen LogP contribution in [0.4, 0.5) is 5.13 Å². The van der Waals surface area contributed by atoms with Crippen LogP contribution in [-0.4, -0.2) is 36.4 Å². The molecule has 1 amide bonds. The summed E-state index contributed by atoms with van der Waals surface area (Å²) in [5, 5.41) is 1.43. The summed E-state index contributed by atoms with van der Waals surface area (Å²) in [4.78, 5) is 20.6. The van der Waals surface area contributed by atoms with Gasteiger partial charge in [0.15, 0.2) is 5.13 Å². The van der Waals surface area contributed by atoms with Crippen LogP contribution in [-0.2, 0) is 11.3 Å². The molecule has 0 aliphatic carbocycles. The molecule has 6 heteroatoms. The fourth-order valence-electron chi connectivity index (χ4n) is 2.45. The number of rotatable bonds is 5. The molecule has 1 heterocycles. The summed E-state index contributed by atoms with van der Waals surface area (Å²) < 4.78 is 1.08. The van der Waals surface area contributed by atoms with Gasteiger partial charge >= 0.3 is 0 Å². The van der Waals surface area contributed by atoms with Gasteiger partial charge in [-0.1, -0.05) is 47.2 Å². The van der Waals surface area contributed by atoms with Crippen LogP contribution < -0.4 is 4.90 Å². The summed E-state index contributed by atoms with van der Waals surface area (Å²) in [6.45, 7) is 0.985. The Morgan fingerprint density at radius 1 is 1.17 bits per heavy atom. The lowest BCUT2D eigenvalue weighted by molar-refractivity contribution is -0.119. The molecule has 0 aliphatic rings. The quantitative estimate of drug-likeness (QED) is 0.689. The lowest BCUT2D eigenvalue weighted by Crippen LogP contribution is -2.36. The number of benzene rings is 2. The normalized spacial score (nSPS) is 11.2. The van der Waals surface area contributed by atoms with Gasteiger partial charge in [0.1, 0.15) is 0 Å². The zero-order valence-corrected chi connectivity index (χ0v) is 15.1. The number of amides is 1. The maximum Gasteiger partial charge on any atom is 0.242 e. The standard InChI is InChI=1S/C18H18ClN3OS/c1-21(11-13-6-5-7-14(19)10-13)12-17(23)22(2)18-20-15-8-3-4-9-16(15)24-18/h3-10H,11-12H2,1-2H3. The average molecular weight is 360 g/mol. The molecule has 0 aliphatic heterocycles. The number of hydrogen-bond acceptors (Lipinski definition) is 4. The number of anilines is 1. The van der Waals surface area contributed by atoms with Crippen LogP contribution in [0.3, 0.4) is 0 Å². The molecule has 0 unspecified atom stereocenters. The second-order valence-corrected chi connectivity index (χ2v) is 7.16. The minimum atomic E-state index is 0.0126. The Morgan fingerprint density at radius 3 is 2.71 bits per heavy atom. The zero-order valence-electron chi connectivity index (χ0n) is 13.6. The molecule has 0 atom stereocenters. The minimum absolute atomic E-state index is 0.0126. The highest BCUT2D eigenvalue weighted by molar-refractivity contribution is 7.22. The fourth-order valence-corrected chi connectivity index (χ4v) is 3.61. The van der Waals surface area contributed by atoms with Gasteiger partial charge in [0.05, 0.1) is 16.8 Å². The van der Waals surface area contributed by atoms with E-state index in [2.05, 4.69) is 4.98 Å². The maximum atomic E-state index is 12.5. The van der Waals surface area contributed by atoms with E-state index in [0.717, 1.165) is 20.9 Å². The van der Waals surface area contributed by atoms with E-state index in [4.69, 9.17) is 11.6 Å². The number of para-hydroxylation sites is 1. The van der Waals surface area contributed by atoms with Gasteiger partial charge in [0, 0.05) is 18.6 Å². The Labute approximate surface area is 150 Å². The van der Waals surface area contributed by atoms with Crippen LogP contribution in [0.15, 0.2) is 48.5 Å². The van der Waals surface area contributed by atoms with Crippen molar-refractivity contribution >= 4 is 44.2 Å². The third-order valence-electron chi connectivity index (χ3n) is 3.69. The van der Waals surface area contributed by atoms with Crippen molar-refractivity contribution < 1.29 is 4.79 Å². The molecule has 1 aromatic heterocycles. The average Bonchev–Trinajstić information content (AvgIpc) is 2.97. The number of hydrogen-bond donors (Lipinski definition) is 0. The Balaban J connectivity index is 1.65. The number of carbonyl (C=O) groups excluding carboxylic acids is 1. The third-order valence-corrected chi connectivity index (χ3v) is 5.04. The Hall–Kier alpha value is -1.95. The van der Waals surface area contributed by atoms with Gasteiger partial charge in [-0.3, -0.25) is 14.6 Å². The van der Waals surface area contributed by atoms with Crippen molar-refractivity contribution in [3.05, 3.63) is 59.1 Å². The monoisotopic (exact) mass is 359 g/mol. The van der Waals surface area contributed by atoms with Crippen LogP contribution in [0.2, 0.25) is 5.02 Å². The Kier molecular flexibility index (Phi) is 5.14. The van der Waals surface area contributed by atoms with E-state index < -0.39 is 0 Å². The maximum absolute atomic E-state index is 12.5. The van der Waals surface area contributed by atoms with E-state index in [9.17, 15) is 4.79 Å². The van der Waals surface area contributed by atoms with Crippen LogP contribution in [0, 0.1) is 0 Å². The number of likely N-dealkylation sites (N-methyl/N-ethyl adjacent to an activating group) is 2. The molecule has 3 aromatic rings. The van der Waals surface area contributed by atoms with E-state index in [0.29, 0.717) is 18.1 Å². The number of halogens is 1. The zero-order chi connectivity index (χ0) is 17.1. The first-order valence-corrected chi connectivity index (χ1v) is 8.77. The summed E-state index contributed by atoms with van der Waals surface area (Å²) in [5.74, 6) is 0.0126. The first-order chi connectivity index (χ1) is 11.5. The molecule has 2 aromatic carbocycles. The molecule has 3 rings (SSSR count). The number of aromatic nitrogens is 1. The number of thiazole rings is 1. The lowest BCUT2D eigenvalue weighted by atomic mass is 10.2. The highest BCUT2D eigenvalue weighted by atomic mass is 35.5. The van der Waals surface area contributed by atoms with Gasteiger partial charge in [-0.2, -0.15) is 0 Å². The summed E-state index contributed by atoms with van der Waals surface area (Å²) in [6, 6.07) is 15.6. The molecule has 0 fully saturated rings. The third kappa shape index (κ3) is 3.93. The molecule has 0 saturated heterocycles. The van der Waals surface area contributed by atoms with Crippen molar-refractivity contribution in [3.63, 3.8) is 0 Å². The molecule has 4 nitrogen and oxygen atoms in total. The summed E-state index contributed by atoms with van der Waals surface area (Å²) in [6.07, 6.45) is 0. The second kappa shape index (κ2) is 7.30. The van der Waals surface area contributed by atoms with Crippen LogP contribution >= 0.6 is 22.9 Å². The van der Waals surface area contributed by atoms with E-state index in [1.54, 1.807) is 11.9 Å². The van der Waals surface area contributed by atoms with Crippen molar-refractivity contribution in [2.75, 3.05) is 25.5 Å². The van der Waals surface area contributed by atoms with Gasteiger partial charge in [-0.15, -0.1) is 0 Å².